The standard InChI is InChI=1S/C14H25N3/c1-3-14(15)11(2)10-12-8-9-17(16-12)13-6-4-5-7-13/h8-9,11,13-14H,3-7,10,15H2,1-2H3. The Balaban J connectivity index is 1.93. The Labute approximate surface area is 104 Å². The molecule has 1 heterocycles. The third-order valence-corrected chi connectivity index (χ3v) is 4.10. The van der Waals surface area contributed by atoms with E-state index >= 15 is 0 Å². The first-order valence-electron chi connectivity index (χ1n) is 7.00. The van der Waals surface area contributed by atoms with Crippen LogP contribution in [0.4, 0.5) is 0 Å². The van der Waals surface area contributed by atoms with Gasteiger partial charge in [0, 0.05) is 12.2 Å². The Morgan fingerprint density at radius 3 is 2.82 bits per heavy atom. The number of aromatic nitrogens is 2. The predicted octanol–water partition coefficient (Wildman–Crippen LogP) is 2.91. The van der Waals surface area contributed by atoms with Crippen LogP contribution in [0.3, 0.4) is 0 Å². The molecule has 0 aromatic carbocycles. The molecular weight excluding hydrogens is 210 g/mol. The molecule has 1 aliphatic carbocycles. The van der Waals surface area contributed by atoms with E-state index < -0.39 is 0 Å². The molecule has 1 saturated carbocycles. The van der Waals surface area contributed by atoms with Crippen molar-refractivity contribution in [1.82, 2.24) is 9.78 Å². The lowest BCUT2D eigenvalue weighted by atomic mass is 9.96. The fraction of sp³-hybridized carbons (Fsp3) is 0.786. The van der Waals surface area contributed by atoms with Crippen LogP contribution in [-0.4, -0.2) is 15.8 Å². The fourth-order valence-electron chi connectivity index (χ4n) is 2.74. The predicted molar refractivity (Wildman–Crippen MR) is 70.9 cm³/mol. The second-order valence-electron chi connectivity index (χ2n) is 5.48. The number of hydrogen-bond acceptors (Lipinski definition) is 2. The Morgan fingerprint density at radius 2 is 2.18 bits per heavy atom. The van der Waals surface area contributed by atoms with Crippen LogP contribution in [0, 0.1) is 5.92 Å². The average molecular weight is 235 g/mol. The van der Waals surface area contributed by atoms with Gasteiger partial charge in [0.2, 0.25) is 0 Å². The quantitative estimate of drug-likeness (QED) is 0.852. The summed E-state index contributed by atoms with van der Waals surface area (Å²) in [6.45, 7) is 4.38. The van der Waals surface area contributed by atoms with Crippen LogP contribution >= 0.6 is 0 Å². The van der Waals surface area contributed by atoms with Crippen molar-refractivity contribution in [2.75, 3.05) is 0 Å². The van der Waals surface area contributed by atoms with Gasteiger partial charge in [-0.3, -0.25) is 4.68 Å². The summed E-state index contributed by atoms with van der Waals surface area (Å²) < 4.78 is 2.17. The Kier molecular flexibility index (Phi) is 4.21. The monoisotopic (exact) mass is 235 g/mol. The Morgan fingerprint density at radius 1 is 1.47 bits per heavy atom. The van der Waals surface area contributed by atoms with Crippen LogP contribution in [0.1, 0.15) is 57.7 Å². The van der Waals surface area contributed by atoms with Gasteiger partial charge in [-0.1, -0.05) is 26.7 Å². The highest BCUT2D eigenvalue weighted by molar-refractivity contribution is 5.02. The van der Waals surface area contributed by atoms with Gasteiger partial charge in [-0.15, -0.1) is 0 Å². The zero-order valence-corrected chi connectivity index (χ0v) is 11.1. The van der Waals surface area contributed by atoms with E-state index in [1.807, 2.05) is 0 Å². The molecular formula is C14H25N3. The first kappa shape index (κ1) is 12.6. The molecule has 2 atom stereocenters. The van der Waals surface area contributed by atoms with E-state index in [2.05, 4.69) is 30.8 Å². The van der Waals surface area contributed by atoms with E-state index in [1.54, 1.807) is 0 Å². The van der Waals surface area contributed by atoms with E-state index in [-0.39, 0.29) is 0 Å². The molecule has 96 valence electrons. The molecule has 0 saturated heterocycles. The van der Waals surface area contributed by atoms with Gasteiger partial charge in [-0.25, -0.2) is 0 Å². The van der Waals surface area contributed by atoms with Crippen molar-refractivity contribution >= 4 is 0 Å². The maximum absolute atomic E-state index is 6.06. The second kappa shape index (κ2) is 5.67. The van der Waals surface area contributed by atoms with Crippen molar-refractivity contribution in [2.45, 2.75) is 64.5 Å². The Hall–Kier alpha value is -0.830. The minimum Gasteiger partial charge on any atom is -0.327 e. The highest BCUT2D eigenvalue weighted by atomic mass is 15.3. The van der Waals surface area contributed by atoms with Gasteiger partial charge in [0.25, 0.3) is 0 Å². The first-order chi connectivity index (χ1) is 8.20. The van der Waals surface area contributed by atoms with E-state index in [0.717, 1.165) is 12.8 Å². The van der Waals surface area contributed by atoms with Crippen LogP contribution in [0.15, 0.2) is 12.3 Å². The van der Waals surface area contributed by atoms with Crippen LogP contribution in [0.25, 0.3) is 0 Å². The summed E-state index contributed by atoms with van der Waals surface area (Å²) in [4.78, 5) is 0. The van der Waals surface area contributed by atoms with Crippen molar-refractivity contribution in [3.05, 3.63) is 18.0 Å². The maximum Gasteiger partial charge on any atom is 0.0627 e. The molecule has 2 unspecified atom stereocenters. The van der Waals surface area contributed by atoms with Gasteiger partial charge in [0.15, 0.2) is 0 Å². The molecule has 1 aromatic rings. The van der Waals surface area contributed by atoms with E-state index in [9.17, 15) is 0 Å². The number of rotatable bonds is 5. The molecule has 3 nitrogen and oxygen atoms in total. The van der Waals surface area contributed by atoms with E-state index in [1.165, 1.54) is 31.4 Å². The van der Waals surface area contributed by atoms with Gasteiger partial charge in [-0.2, -0.15) is 5.10 Å². The van der Waals surface area contributed by atoms with Gasteiger partial charge in [0.05, 0.1) is 11.7 Å². The Bertz CT molecular complexity index is 339. The second-order valence-corrected chi connectivity index (χ2v) is 5.48. The molecule has 1 fully saturated rings. The van der Waals surface area contributed by atoms with Crippen molar-refractivity contribution in [3.8, 4) is 0 Å². The highest BCUT2D eigenvalue weighted by Gasteiger charge is 2.18. The van der Waals surface area contributed by atoms with Gasteiger partial charge in [-0.05, 0) is 37.7 Å². The largest absolute Gasteiger partial charge is 0.327 e. The van der Waals surface area contributed by atoms with Crippen LogP contribution < -0.4 is 5.73 Å². The molecule has 2 rings (SSSR count). The van der Waals surface area contributed by atoms with Crippen LogP contribution in [0.2, 0.25) is 0 Å². The summed E-state index contributed by atoms with van der Waals surface area (Å²) in [5, 5.41) is 4.71. The van der Waals surface area contributed by atoms with Crippen molar-refractivity contribution in [3.63, 3.8) is 0 Å². The molecule has 17 heavy (non-hydrogen) atoms. The normalized spacial score (nSPS) is 20.6. The minimum atomic E-state index is 0.298. The van der Waals surface area contributed by atoms with Gasteiger partial charge >= 0.3 is 0 Å². The molecule has 0 radical (unpaired) electrons. The maximum atomic E-state index is 6.06. The lowest BCUT2D eigenvalue weighted by Crippen LogP contribution is -2.28. The fourth-order valence-corrected chi connectivity index (χ4v) is 2.74. The zero-order chi connectivity index (χ0) is 12.3. The first-order valence-corrected chi connectivity index (χ1v) is 7.00. The van der Waals surface area contributed by atoms with Crippen molar-refractivity contribution in [2.24, 2.45) is 11.7 Å². The SMILES string of the molecule is CCC(N)C(C)Cc1ccn(C2CCCC2)n1. The lowest BCUT2D eigenvalue weighted by molar-refractivity contribution is 0.425. The summed E-state index contributed by atoms with van der Waals surface area (Å²) in [7, 11) is 0. The molecule has 2 N–H and O–H groups in total. The molecule has 1 aliphatic rings. The van der Waals surface area contributed by atoms with Crippen molar-refractivity contribution < 1.29 is 0 Å². The third kappa shape index (κ3) is 3.09. The number of nitrogens with zero attached hydrogens (tertiary/aromatic N) is 2. The third-order valence-electron chi connectivity index (χ3n) is 4.10. The molecule has 1 aromatic heterocycles. The zero-order valence-electron chi connectivity index (χ0n) is 11.1. The smallest absolute Gasteiger partial charge is 0.0627 e. The summed E-state index contributed by atoms with van der Waals surface area (Å²) in [6, 6.07) is 3.11. The molecule has 0 bridgehead atoms. The van der Waals surface area contributed by atoms with Crippen LogP contribution in [0.5, 0.6) is 0 Å². The summed E-state index contributed by atoms with van der Waals surface area (Å²) >= 11 is 0. The van der Waals surface area contributed by atoms with Gasteiger partial charge in [0.1, 0.15) is 0 Å². The highest BCUT2D eigenvalue weighted by Crippen LogP contribution is 2.28. The molecule has 0 spiro atoms. The van der Waals surface area contributed by atoms with Crippen LogP contribution in [-0.2, 0) is 6.42 Å². The molecule has 3 heteroatoms. The van der Waals surface area contributed by atoms with E-state index in [0.29, 0.717) is 18.0 Å². The minimum absolute atomic E-state index is 0.298. The summed E-state index contributed by atoms with van der Waals surface area (Å²) in [5.41, 5.74) is 7.26. The van der Waals surface area contributed by atoms with Gasteiger partial charge < -0.3 is 5.73 Å². The average Bonchev–Trinajstić information content (AvgIpc) is 2.97. The molecule has 0 aliphatic heterocycles. The topological polar surface area (TPSA) is 43.8 Å². The molecule has 0 amide bonds. The van der Waals surface area contributed by atoms with Crippen molar-refractivity contribution in [1.29, 1.82) is 0 Å². The summed E-state index contributed by atoms with van der Waals surface area (Å²) in [5.74, 6) is 0.520. The number of hydrogen-bond donors (Lipinski definition) is 1. The lowest BCUT2D eigenvalue weighted by Gasteiger charge is -2.17. The summed E-state index contributed by atoms with van der Waals surface area (Å²) in [6.07, 6.45) is 9.51. The number of nitrogens with two attached hydrogens (primary N) is 1. The van der Waals surface area contributed by atoms with E-state index in [4.69, 9.17) is 10.8 Å².